The van der Waals surface area contributed by atoms with Crippen LogP contribution in [0.2, 0.25) is 0 Å². The van der Waals surface area contributed by atoms with Crippen LogP contribution in [0.25, 0.3) is 0 Å². The Morgan fingerprint density at radius 2 is 2.32 bits per heavy atom. The summed E-state index contributed by atoms with van der Waals surface area (Å²) in [4.78, 5) is 18.9. The Labute approximate surface area is 139 Å². The lowest BCUT2D eigenvalue weighted by Crippen LogP contribution is -2.29. The summed E-state index contributed by atoms with van der Waals surface area (Å²) in [6.07, 6.45) is 3.91. The first kappa shape index (κ1) is 16.6. The summed E-state index contributed by atoms with van der Waals surface area (Å²) in [6, 6.07) is 6.07. The highest BCUT2D eigenvalue weighted by molar-refractivity contribution is 7.15. The van der Waals surface area contributed by atoms with E-state index < -0.39 is 0 Å². The van der Waals surface area contributed by atoms with Gasteiger partial charge in [0.1, 0.15) is 0 Å². The Balaban J connectivity index is 0.00000176. The standard InChI is InChI=1S/C15H18N4OS.ClH/c1-10(20)18-13-5-2-6-14-12(13)4-3-7-19(14)9-11-8-17-15(16)21-11;/h2,5-6,8H,3-4,7,9H2,1H3,(H2,16,17)(H,18,20);1H. The van der Waals surface area contributed by atoms with Crippen molar-refractivity contribution in [2.45, 2.75) is 26.3 Å². The zero-order valence-corrected chi connectivity index (χ0v) is 14.0. The number of hydrogen-bond donors (Lipinski definition) is 2. The van der Waals surface area contributed by atoms with E-state index in [2.05, 4.69) is 21.3 Å². The average Bonchev–Trinajstić information content (AvgIpc) is 2.85. The van der Waals surface area contributed by atoms with Crippen LogP contribution in [0.3, 0.4) is 0 Å². The fourth-order valence-electron chi connectivity index (χ4n) is 2.76. The largest absolute Gasteiger partial charge is 0.375 e. The molecular formula is C15H19ClN4OS. The molecule has 3 rings (SSSR count). The van der Waals surface area contributed by atoms with Crippen molar-refractivity contribution in [3.63, 3.8) is 0 Å². The van der Waals surface area contributed by atoms with E-state index >= 15 is 0 Å². The number of thiazole rings is 1. The van der Waals surface area contributed by atoms with Gasteiger partial charge < -0.3 is 16.0 Å². The summed E-state index contributed by atoms with van der Waals surface area (Å²) in [7, 11) is 0. The van der Waals surface area contributed by atoms with Crippen molar-refractivity contribution in [1.29, 1.82) is 0 Å². The van der Waals surface area contributed by atoms with Crippen molar-refractivity contribution < 1.29 is 4.79 Å². The third kappa shape index (κ3) is 3.51. The molecule has 3 N–H and O–H groups in total. The lowest BCUT2D eigenvalue weighted by atomic mass is 9.99. The maximum Gasteiger partial charge on any atom is 0.221 e. The number of fused-ring (bicyclic) bond motifs is 1. The van der Waals surface area contributed by atoms with Gasteiger partial charge >= 0.3 is 0 Å². The van der Waals surface area contributed by atoms with Gasteiger partial charge in [-0.05, 0) is 30.5 Å². The molecule has 1 aliphatic rings. The second kappa shape index (κ2) is 6.98. The van der Waals surface area contributed by atoms with Gasteiger partial charge in [0.25, 0.3) is 0 Å². The summed E-state index contributed by atoms with van der Waals surface area (Å²) in [6.45, 7) is 3.36. The van der Waals surface area contributed by atoms with Gasteiger partial charge in [-0.3, -0.25) is 4.79 Å². The Morgan fingerprint density at radius 3 is 3.00 bits per heavy atom. The number of aromatic nitrogens is 1. The number of nitrogen functional groups attached to an aromatic ring is 1. The zero-order valence-electron chi connectivity index (χ0n) is 12.3. The molecule has 1 aliphatic heterocycles. The van der Waals surface area contributed by atoms with E-state index in [0.717, 1.165) is 36.5 Å². The quantitative estimate of drug-likeness (QED) is 0.902. The van der Waals surface area contributed by atoms with Gasteiger partial charge in [0.2, 0.25) is 5.91 Å². The smallest absolute Gasteiger partial charge is 0.221 e. The summed E-state index contributed by atoms with van der Waals surface area (Å²) in [5.74, 6) is -0.0317. The first-order chi connectivity index (χ1) is 10.1. The molecule has 0 spiro atoms. The maximum absolute atomic E-state index is 11.3. The van der Waals surface area contributed by atoms with Crippen LogP contribution in [-0.2, 0) is 17.8 Å². The van der Waals surface area contributed by atoms with Crippen LogP contribution in [0.15, 0.2) is 24.4 Å². The fraction of sp³-hybridized carbons (Fsp3) is 0.333. The number of carbonyl (C=O) groups is 1. The monoisotopic (exact) mass is 338 g/mol. The van der Waals surface area contributed by atoms with Gasteiger partial charge in [0.15, 0.2) is 5.13 Å². The number of hydrogen-bond acceptors (Lipinski definition) is 5. The van der Waals surface area contributed by atoms with Crippen LogP contribution in [0.5, 0.6) is 0 Å². The zero-order chi connectivity index (χ0) is 14.8. The molecular weight excluding hydrogens is 320 g/mol. The van der Waals surface area contributed by atoms with Crippen molar-refractivity contribution >= 4 is 46.2 Å². The number of nitrogens with one attached hydrogen (secondary N) is 1. The predicted octanol–water partition coefficient (Wildman–Crippen LogP) is 3.06. The van der Waals surface area contributed by atoms with Crippen molar-refractivity contribution in [3.8, 4) is 0 Å². The first-order valence-corrected chi connectivity index (χ1v) is 7.80. The molecule has 0 saturated carbocycles. The third-order valence-corrected chi connectivity index (χ3v) is 4.39. The summed E-state index contributed by atoms with van der Waals surface area (Å²) in [5.41, 5.74) is 9.04. The van der Waals surface area contributed by atoms with Crippen LogP contribution in [0, 0.1) is 0 Å². The number of carbonyl (C=O) groups excluding carboxylic acids is 1. The van der Waals surface area contributed by atoms with E-state index in [0.29, 0.717) is 5.13 Å². The van der Waals surface area contributed by atoms with Crippen LogP contribution < -0.4 is 16.0 Å². The summed E-state index contributed by atoms with van der Waals surface area (Å²) in [5, 5.41) is 3.53. The number of halogens is 1. The second-order valence-corrected chi connectivity index (χ2v) is 6.32. The minimum absolute atomic E-state index is 0. The number of rotatable bonds is 3. The number of anilines is 3. The normalized spacial score (nSPS) is 13.2. The third-order valence-electron chi connectivity index (χ3n) is 3.58. The molecule has 0 unspecified atom stereocenters. The number of benzene rings is 1. The topological polar surface area (TPSA) is 71.2 Å². The van der Waals surface area contributed by atoms with E-state index in [1.165, 1.54) is 22.6 Å². The van der Waals surface area contributed by atoms with Crippen molar-refractivity contribution in [1.82, 2.24) is 4.98 Å². The Hall–Kier alpha value is -1.79. The SMILES string of the molecule is CC(=O)Nc1cccc2c1CCCN2Cc1cnc(N)s1.Cl. The highest BCUT2D eigenvalue weighted by Crippen LogP contribution is 2.34. The molecule has 2 aromatic rings. The van der Waals surface area contributed by atoms with E-state index in [1.807, 2.05) is 18.3 Å². The van der Waals surface area contributed by atoms with E-state index in [1.54, 1.807) is 6.92 Å². The molecule has 0 fully saturated rings. The maximum atomic E-state index is 11.3. The Kier molecular flexibility index (Phi) is 5.26. The molecule has 1 amide bonds. The molecule has 0 saturated heterocycles. The van der Waals surface area contributed by atoms with Crippen LogP contribution in [0.4, 0.5) is 16.5 Å². The molecule has 7 heteroatoms. The van der Waals surface area contributed by atoms with Gasteiger partial charge in [0, 0.05) is 35.9 Å². The molecule has 1 aromatic carbocycles. The predicted molar refractivity (Wildman–Crippen MR) is 93.9 cm³/mol. The van der Waals surface area contributed by atoms with Crippen molar-refractivity contribution in [3.05, 3.63) is 34.8 Å². The molecule has 1 aromatic heterocycles. The average molecular weight is 339 g/mol. The van der Waals surface area contributed by atoms with Gasteiger partial charge in [0.05, 0.1) is 6.54 Å². The van der Waals surface area contributed by atoms with E-state index in [-0.39, 0.29) is 18.3 Å². The molecule has 22 heavy (non-hydrogen) atoms. The first-order valence-electron chi connectivity index (χ1n) is 6.98. The van der Waals surface area contributed by atoms with Crippen LogP contribution in [-0.4, -0.2) is 17.4 Å². The number of amides is 1. The molecule has 5 nitrogen and oxygen atoms in total. The fourth-order valence-corrected chi connectivity index (χ4v) is 3.46. The highest BCUT2D eigenvalue weighted by atomic mass is 35.5. The molecule has 0 atom stereocenters. The van der Waals surface area contributed by atoms with Gasteiger partial charge in [-0.15, -0.1) is 23.7 Å². The van der Waals surface area contributed by atoms with Gasteiger partial charge in [-0.25, -0.2) is 4.98 Å². The van der Waals surface area contributed by atoms with E-state index in [4.69, 9.17) is 5.73 Å². The molecule has 0 aliphatic carbocycles. The summed E-state index contributed by atoms with van der Waals surface area (Å²) < 4.78 is 0. The second-order valence-electron chi connectivity index (χ2n) is 5.17. The molecule has 2 heterocycles. The Bertz CT molecular complexity index is 673. The van der Waals surface area contributed by atoms with Crippen molar-refractivity contribution in [2.24, 2.45) is 0 Å². The lowest BCUT2D eigenvalue weighted by Gasteiger charge is -2.32. The van der Waals surface area contributed by atoms with Gasteiger partial charge in [-0.1, -0.05) is 6.07 Å². The highest BCUT2D eigenvalue weighted by Gasteiger charge is 2.20. The number of nitrogens with two attached hydrogens (primary N) is 1. The number of nitrogens with zero attached hydrogens (tertiary/aromatic N) is 2. The van der Waals surface area contributed by atoms with Crippen LogP contribution in [0.1, 0.15) is 23.8 Å². The van der Waals surface area contributed by atoms with E-state index in [9.17, 15) is 4.79 Å². The molecule has 0 bridgehead atoms. The van der Waals surface area contributed by atoms with Crippen molar-refractivity contribution in [2.75, 3.05) is 22.5 Å². The molecule has 0 radical (unpaired) electrons. The van der Waals surface area contributed by atoms with Gasteiger partial charge in [-0.2, -0.15) is 0 Å². The minimum Gasteiger partial charge on any atom is -0.375 e. The Morgan fingerprint density at radius 1 is 1.50 bits per heavy atom. The van der Waals surface area contributed by atoms with Crippen LogP contribution >= 0.6 is 23.7 Å². The summed E-state index contributed by atoms with van der Waals surface area (Å²) >= 11 is 1.53. The lowest BCUT2D eigenvalue weighted by molar-refractivity contribution is -0.114. The minimum atomic E-state index is -0.0317. The molecule has 118 valence electrons.